The van der Waals surface area contributed by atoms with Gasteiger partial charge in [-0.15, -0.1) is 0 Å². The van der Waals surface area contributed by atoms with Gasteiger partial charge in [-0.3, -0.25) is 4.90 Å². The molecule has 2 atom stereocenters. The molecular weight excluding hydrogens is 141 g/mol. The average Bonchev–Trinajstić information content (AvgIpc) is 2.45. The molecule has 64 valence electrons. The van der Waals surface area contributed by atoms with Crippen LogP contribution < -0.4 is 0 Å². The van der Waals surface area contributed by atoms with E-state index in [9.17, 15) is 4.39 Å². The van der Waals surface area contributed by atoms with Gasteiger partial charge in [0.1, 0.15) is 6.67 Å². The van der Waals surface area contributed by atoms with E-state index in [1.54, 1.807) is 0 Å². The van der Waals surface area contributed by atoms with Crippen LogP contribution in [-0.2, 0) is 0 Å². The Bertz CT molecular complexity index is 160. The number of alkyl halides is 1. The predicted octanol–water partition coefficient (Wildman–Crippen LogP) is 1.97. The Morgan fingerprint density at radius 1 is 1.55 bits per heavy atom. The lowest BCUT2D eigenvalue weighted by atomic mass is 9.97. The summed E-state index contributed by atoms with van der Waals surface area (Å²) in [5.41, 5.74) is 0.372. The summed E-state index contributed by atoms with van der Waals surface area (Å²) < 4.78 is 12.5. The molecule has 2 heterocycles. The topological polar surface area (TPSA) is 3.24 Å². The zero-order valence-corrected chi connectivity index (χ0v) is 7.15. The normalized spacial score (nSPS) is 44.7. The highest BCUT2D eigenvalue weighted by molar-refractivity contribution is 5.01. The highest BCUT2D eigenvalue weighted by Gasteiger charge is 2.45. The van der Waals surface area contributed by atoms with Crippen molar-refractivity contribution in [3.05, 3.63) is 0 Å². The number of rotatable bonds is 1. The summed E-state index contributed by atoms with van der Waals surface area (Å²) in [5, 5.41) is 0. The molecule has 2 aliphatic heterocycles. The van der Waals surface area contributed by atoms with Crippen molar-refractivity contribution in [3.63, 3.8) is 0 Å². The fourth-order valence-corrected chi connectivity index (χ4v) is 2.73. The Labute approximate surface area is 67.6 Å². The van der Waals surface area contributed by atoms with Gasteiger partial charge >= 0.3 is 0 Å². The van der Waals surface area contributed by atoms with Gasteiger partial charge < -0.3 is 0 Å². The molecule has 0 radical (unpaired) electrons. The molecule has 2 aliphatic rings. The Kier molecular flexibility index (Phi) is 1.67. The minimum Gasteiger partial charge on any atom is -0.292 e. The molecule has 0 N–H and O–H groups in total. The van der Waals surface area contributed by atoms with Crippen molar-refractivity contribution < 1.29 is 4.39 Å². The van der Waals surface area contributed by atoms with Crippen molar-refractivity contribution in [1.82, 2.24) is 4.90 Å². The average molecular weight is 157 g/mol. The van der Waals surface area contributed by atoms with Crippen molar-refractivity contribution in [2.75, 3.05) is 13.2 Å². The zero-order valence-electron chi connectivity index (χ0n) is 7.15. The second-order valence-electron chi connectivity index (χ2n) is 4.14. The minimum absolute atomic E-state index is 0.143. The summed E-state index contributed by atoms with van der Waals surface area (Å²) in [4.78, 5) is 2.38. The van der Waals surface area contributed by atoms with E-state index in [4.69, 9.17) is 0 Å². The van der Waals surface area contributed by atoms with Crippen LogP contribution in [0.15, 0.2) is 0 Å². The Morgan fingerprint density at radius 3 is 3.09 bits per heavy atom. The fraction of sp³-hybridized carbons (Fsp3) is 1.00. The van der Waals surface area contributed by atoms with Crippen molar-refractivity contribution >= 4 is 0 Å². The van der Waals surface area contributed by atoms with Gasteiger partial charge in [0.2, 0.25) is 0 Å². The van der Waals surface area contributed by atoms with Crippen molar-refractivity contribution in [1.29, 1.82) is 0 Å². The summed E-state index contributed by atoms with van der Waals surface area (Å²) in [6.45, 7) is 3.27. The molecule has 0 saturated carbocycles. The lowest BCUT2D eigenvalue weighted by Crippen LogP contribution is -2.40. The van der Waals surface area contributed by atoms with E-state index in [0.29, 0.717) is 5.54 Å². The van der Waals surface area contributed by atoms with Crippen LogP contribution in [0.25, 0.3) is 0 Å². The maximum absolute atomic E-state index is 12.5. The van der Waals surface area contributed by atoms with Gasteiger partial charge in [-0.05, 0) is 39.2 Å². The van der Waals surface area contributed by atoms with Gasteiger partial charge in [-0.1, -0.05) is 0 Å². The molecule has 1 nitrogen and oxygen atoms in total. The molecule has 0 bridgehead atoms. The van der Waals surface area contributed by atoms with E-state index in [2.05, 4.69) is 11.8 Å². The first kappa shape index (κ1) is 7.53. The van der Waals surface area contributed by atoms with E-state index in [1.807, 2.05) is 0 Å². The summed E-state index contributed by atoms with van der Waals surface area (Å²) in [6.07, 6.45) is 4.84. The monoisotopic (exact) mass is 157 g/mol. The molecule has 0 aromatic heterocycles. The van der Waals surface area contributed by atoms with E-state index in [0.717, 1.165) is 13.0 Å². The van der Waals surface area contributed by atoms with Crippen LogP contribution in [0.4, 0.5) is 4.39 Å². The van der Waals surface area contributed by atoms with Crippen LogP contribution in [0.2, 0.25) is 0 Å². The minimum atomic E-state index is -0.143. The predicted molar refractivity (Wildman–Crippen MR) is 43.3 cm³/mol. The quantitative estimate of drug-likeness (QED) is 0.562. The van der Waals surface area contributed by atoms with E-state index in [1.165, 1.54) is 19.3 Å². The summed E-state index contributed by atoms with van der Waals surface area (Å²) in [7, 11) is 0. The first-order valence-electron chi connectivity index (χ1n) is 4.59. The van der Waals surface area contributed by atoms with Gasteiger partial charge in [0.25, 0.3) is 0 Å². The molecule has 0 spiro atoms. The summed E-state index contributed by atoms with van der Waals surface area (Å²) in [5.74, 6) is 0. The van der Waals surface area contributed by atoms with E-state index >= 15 is 0 Å². The molecule has 0 unspecified atom stereocenters. The van der Waals surface area contributed by atoms with Crippen LogP contribution >= 0.6 is 0 Å². The third kappa shape index (κ3) is 0.994. The fourth-order valence-electron chi connectivity index (χ4n) is 2.73. The number of fused-ring (bicyclic) bond motifs is 1. The van der Waals surface area contributed by atoms with Crippen molar-refractivity contribution in [2.24, 2.45) is 0 Å². The SMILES string of the molecule is C[C@]12CCCN1[C@H](CF)CC2. The Morgan fingerprint density at radius 2 is 2.36 bits per heavy atom. The highest BCUT2D eigenvalue weighted by atomic mass is 19.1. The van der Waals surface area contributed by atoms with Gasteiger partial charge in [0.15, 0.2) is 0 Å². The van der Waals surface area contributed by atoms with Crippen LogP contribution in [-0.4, -0.2) is 29.7 Å². The van der Waals surface area contributed by atoms with Crippen LogP contribution in [0.3, 0.4) is 0 Å². The molecule has 11 heavy (non-hydrogen) atoms. The lowest BCUT2D eigenvalue weighted by molar-refractivity contribution is 0.147. The van der Waals surface area contributed by atoms with Gasteiger partial charge in [0.05, 0.1) is 0 Å². The zero-order chi connectivity index (χ0) is 7.90. The molecule has 0 aliphatic carbocycles. The number of hydrogen-bond acceptors (Lipinski definition) is 1. The van der Waals surface area contributed by atoms with E-state index < -0.39 is 0 Å². The molecule has 2 heteroatoms. The van der Waals surface area contributed by atoms with Gasteiger partial charge in [-0.25, -0.2) is 4.39 Å². The van der Waals surface area contributed by atoms with Crippen molar-refractivity contribution in [3.8, 4) is 0 Å². The van der Waals surface area contributed by atoms with Crippen molar-refractivity contribution in [2.45, 2.75) is 44.2 Å². The van der Waals surface area contributed by atoms with Gasteiger partial charge in [-0.2, -0.15) is 0 Å². The van der Waals surface area contributed by atoms with E-state index in [-0.39, 0.29) is 12.7 Å². The van der Waals surface area contributed by atoms with Crippen LogP contribution in [0.1, 0.15) is 32.6 Å². The third-order valence-corrected chi connectivity index (χ3v) is 3.44. The molecule has 2 rings (SSSR count). The maximum Gasteiger partial charge on any atom is 0.105 e. The third-order valence-electron chi connectivity index (χ3n) is 3.44. The summed E-state index contributed by atoms with van der Waals surface area (Å²) >= 11 is 0. The second-order valence-corrected chi connectivity index (χ2v) is 4.14. The van der Waals surface area contributed by atoms with Crippen LogP contribution in [0.5, 0.6) is 0 Å². The van der Waals surface area contributed by atoms with Crippen LogP contribution in [0, 0.1) is 0 Å². The molecule has 0 amide bonds. The summed E-state index contributed by atoms with van der Waals surface area (Å²) in [6, 6.07) is 0.252. The number of halogens is 1. The first-order chi connectivity index (χ1) is 5.26. The number of hydrogen-bond donors (Lipinski definition) is 0. The molecule has 2 saturated heterocycles. The van der Waals surface area contributed by atoms with Gasteiger partial charge in [0, 0.05) is 11.6 Å². The molecule has 0 aromatic rings. The number of nitrogens with zero attached hydrogens (tertiary/aromatic N) is 1. The molecule has 2 fully saturated rings. The molecular formula is C9H16FN. The lowest BCUT2D eigenvalue weighted by Gasteiger charge is -2.30. The molecule has 0 aromatic carbocycles. The smallest absolute Gasteiger partial charge is 0.105 e. The Balaban J connectivity index is 2.13. The second kappa shape index (κ2) is 2.44. The largest absolute Gasteiger partial charge is 0.292 e. The standard InChI is InChI=1S/C9H16FN/c1-9-4-2-6-11(9)8(7-10)3-5-9/h8H,2-7H2,1H3/t8-,9+/m0/s1. The first-order valence-corrected chi connectivity index (χ1v) is 4.59. The highest BCUT2D eigenvalue weighted by Crippen LogP contribution is 2.41. The maximum atomic E-state index is 12.5. The Hall–Kier alpha value is -0.110.